The summed E-state index contributed by atoms with van der Waals surface area (Å²) >= 11 is 6.11. The number of hydrogen-bond acceptors (Lipinski definition) is 4. The molecule has 1 aliphatic rings. The highest BCUT2D eigenvalue weighted by Gasteiger charge is 2.19. The first-order valence-corrected chi connectivity index (χ1v) is 10.1. The molecule has 0 aliphatic carbocycles. The molecule has 3 aromatic rings. The summed E-state index contributed by atoms with van der Waals surface area (Å²) in [4.78, 5) is 16.9. The maximum Gasteiger partial charge on any atom is 0.238 e. The molecular weight excluding hydrogens is 386 g/mol. The van der Waals surface area contributed by atoms with Crippen molar-refractivity contribution in [3.63, 3.8) is 0 Å². The lowest BCUT2D eigenvalue weighted by atomic mass is 10.2. The Labute approximate surface area is 175 Å². The summed E-state index contributed by atoms with van der Waals surface area (Å²) in [6, 6.07) is 17.4. The highest BCUT2D eigenvalue weighted by atomic mass is 35.5. The molecule has 1 fully saturated rings. The number of nitrogens with one attached hydrogen (secondary N) is 1. The Bertz CT molecular complexity index is 951. The van der Waals surface area contributed by atoms with Crippen LogP contribution in [0.25, 0.3) is 5.69 Å². The van der Waals surface area contributed by atoms with Crippen molar-refractivity contribution < 1.29 is 4.79 Å². The van der Waals surface area contributed by atoms with Crippen LogP contribution in [0.1, 0.15) is 5.56 Å². The van der Waals surface area contributed by atoms with E-state index >= 15 is 0 Å². The molecule has 1 saturated heterocycles. The van der Waals surface area contributed by atoms with Crippen LogP contribution in [0, 0.1) is 0 Å². The van der Waals surface area contributed by atoms with E-state index in [1.807, 2.05) is 59.4 Å². The molecule has 1 aromatic heterocycles. The smallest absolute Gasteiger partial charge is 0.238 e. The standard InChI is InChI=1S/C22H24ClN5O/c23-20-8-4-5-9-21(20)25-22(29)17-27-12-10-26(11-13-27)15-18-14-24-28(16-18)19-6-2-1-3-7-19/h1-9,14,16H,10-13,15,17H2,(H,25,29). The van der Waals surface area contributed by atoms with Gasteiger partial charge in [0.15, 0.2) is 0 Å². The number of hydrogen-bond donors (Lipinski definition) is 1. The van der Waals surface area contributed by atoms with Gasteiger partial charge in [-0.05, 0) is 24.3 Å². The van der Waals surface area contributed by atoms with Crippen molar-refractivity contribution in [2.24, 2.45) is 0 Å². The lowest BCUT2D eigenvalue weighted by molar-refractivity contribution is -0.117. The van der Waals surface area contributed by atoms with Gasteiger partial charge in [-0.15, -0.1) is 0 Å². The van der Waals surface area contributed by atoms with Gasteiger partial charge in [-0.3, -0.25) is 14.6 Å². The minimum absolute atomic E-state index is 0.0318. The third-order valence-corrected chi connectivity index (χ3v) is 5.37. The lowest BCUT2D eigenvalue weighted by Gasteiger charge is -2.34. The van der Waals surface area contributed by atoms with Gasteiger partial charge in [0.25, 0.3) is 0 Å². The zero-order chi connectivity index (χ0) is 20.1. The molecule has 0 atom stereocenters. The number of piperazine rings is 1. The van der Waals surface area contributed by atoms with E-state index in [-0.39, 0.29) is 5.91 Å². The molecule has 29 heavy (non-hydrogen) atoms. The summed E-state index contributed by atoms with van der Waals surface area (Å²) in [5.41, 5.74) is 2.92. The average Bonchev–Trinajstić information content (AvgIpc) is 3.20. The molecule has 2 aromatic carbocycles. The molecule has 1 aliphatic heterocycles. The molecule has 6 nitrogen and oxygen atoms in total. The second kappa shape index (κ2) is 9.22. The quantitative estimate of drug-likeness (QED) is 0.678. The van der Waals surface area contributed by atoms with Gasteiger partial charge < -0.3 is 5.32 Å². The number of benzene rings is 2. The van der Waals surface area contributed by atoms with E-state index in [1.54, 1.807) is 6.07 Å². The lowest BCUT2D eigenvalue weighted by Crippen LogP contribution is -2.48. The second-order valence-electron chi connectivity index (χ2n) is 7.21. The maximum atomic E-state index is 12.3. The number of carbonyl (C=O) groups excluding carboxylic acids is 1. The van der Waals surface area contributed by atoms with Crippen LogP contribution in [-0.2, 0) is 11.3 Å². The molecule has 150 valence electrons. The summed E-state index contributed by atoms with van der Waals surface area (Å²) in [7, 11) is 0. The van der Waals surface area contributed by atoms with Crippen molar-refractivity contribution in [1.29, 1.82) is 0 Å². The zero-order valence-corrected chi connectivity index (χ0v) is 16.9. The van der Waals surface area contributed by atoms with Crippen molar-refractivity contribution in [1.82, 2.24) is 19.6 Å². The van der Waals surface area contributed by atoms with Crippen molar-refractivity contribution in [3.05, 3.63) is 77.6 Å². The van der Waals surface area contributed by atoms with Gasteiger partial charge in [0, 0.05) is 44.5 Å². The Morgan fingerprint density at radius 1 is 0.966 bits per heavy atom. The molecule has 0 saturated carbocycles. The van der Waals surface area contributed by atoms with Crippen LogP contribution >= 0.6 is 11.6 Å². The van der Waals surface area contributed by atoms with Crippen LogP contribution in [0.5, 0.6) is 0 Å². The monoisotopic (exact) mass is 409 g/mol. The predicted molar refractivity (Wildman–Crippen MR) is 115 cm³/mol. The summed E-state index contributed by atoms with van der Waals surface area (Å²) in [5.74, 6) is -0.0318. The van der Waals surface area contributed by atoms with E-state index in [1.165, 1.54) is 5.56 Å². The van der Waals surface area contributed by atoms with E-state index in [0.29, 0.717) is 17.3 Å². The van der Waals surface area contributed by atoms with Gasteiger partial charge in [-0.2, -0.15) is 5.10 Å². The topological polar surface area (TPSA) is 53.4 Å². The van der Waals surface area contributed by atoms with E-state index in [4.69, 9.17) is 11.6 Å². The van der Waals surface area contributed by atoms with E-state index in [2.05, 4.69) is 26.4 Å². The number of anilines is 1. The first kappa shape index (κ1) is 19.6. The highest BCUT2D eigenvalue weighted by Crippen LogP contribution is 2.20. The Hall–Kier alpha value is -2.67. The normalized spacial score (nSPS) is 15.3. The molecule has 1 amide bonds. The average molecular weight is 410 g/mol. The summed E-state index contributed by atoms with van der Waals surface area (Å²) in [5, 5.41) is 7.92. The minimum atomic E-state index is -0.0318. The Kier molecular flexibility index (Phi) is 6.24. The van der Waals surface area contributed by atoms with E-state index in [0.717, 1.165) is 38.4 Å². The van der Waals surface area contributed by atoms with Crippen LogP contribution in [-0.4, -0.2) is 58.2 Å². The third kappa shape index (κ3) is 5.23. The van der Waals surface area contributed by atoms with Crippen LogP contribution in [0.3, 0.4) is 0 Å². The fourth-order valence-electron chi connectivity index (χ4n) is 3.48. The van der Waals surface area contributed by atoms with Crippen LogP contribution in [0.15, 0.2) is 67.0 Å². The third-order valence-electron chi connectivity index (χ3n) is 5.04. The fourth-order valence-corrected chi connectivity index (χ4v) is 3.67. The van der Waals surface area contributed by atoms with Crippen molar-refractivity contribution in [2.45, 2.75) is 6.54 Å². The van der Waals surface area contributed by atoms with Gasteiger partial charge in [-0.25, -0.2) is 4.68 Å². The molecule has 2 heterocycles. The number of aromatic nitrogens is 2. The molecule has 0 unspecified atom stereocenters. The molecule has 0 spiro atoms. The Balaban J connectivity index is 1.24. The van der Waals surface area contributed by atoms with Crippen molar-refractivity contribution in [3.8, 4) is 5.69 Å². The molecule has 0 radical (unpaired) electrons. The number of para-hydroxylation sites is 2. The summed E-state index contributed by atoms with van der Waals surface area (Å²) < 4.78 is 1.91. The largest absolute Gasteiger partial charge is 0.324 e. The number of rotatable bonds is 6. The summed E-state index contributed by atoms with van der Waals surface area (Å²) in [6.45, 7) is 4.83. The summed E-state index contributed by atoms with van der Waals surface area (Å²) in [6.07, 6.45) is 4.01. The number of carbonyl (C=O) groups is 1. The number of halogens is 1. The van der Waals surface area contributed by atoms with Gasteiger partial charge in [0.2, 0.25) is 5.91 Å². The minimum Gasteiger partial charge on any atom is -0.324 e. The molecule has 4 rings (SSSR count). The second-order valence-corrected chi connectivity index (χ2v) is 7.62. The Morgan fingerprint density at radius 2 is 1.66 bits per heavy atom. The fraction of sp³-hybridized carbons (Fsp3) is 0.273. The predicted octanol–water partition coefficient (Wildman–Crippen LogP) is 3.28. The molecule has 7 heteroatoms. The SMILES string of the molecule is O=C(CN1CCN(Cc2cnn(-c3ccccc3)c2)CC1)Nc1ccccc1Cl. The number of amides is 1. The zero-order valence-electron chi connectivity index (χ0n) is 16.2. The molecular formula is C22H24ClN5O. The first-order chi connectivity index (χ1) is 14.2. The van der Waals surface area contributed by atoms with Crippen LogP contribution in [0.2, 0.25) is 5.02 Å². The van der Waals surface area contributed by atoms with E-state index in [9.17, 15) is 4.79 Å². The van der Waals surface area contributed by atoms with Crippen LogP contribution < -0.4 is 5.32 Å². The van der Waals surface area contributed by atoms with Crippen LogP contribution in [0.4, 0.5) is 5.69 Å². The van der Waals surface area contributed by atoms with Gasteiger partial charge in [0.1, 0.15) is 0 Å². The molecule has 1 N–H and O–H groups in total. The molecule has 0 bridgehead atoms. The van der Waals surface area contributed by atoms with Gasteiger partial charge >= 0.3 is 0 Å². The van der Waals surface area contributed by atoms with Crippen molar-refractivity contribution >= 4 is 23.2 Å². The first-order valence-electron chi connectivity index (χ1n) is 9.75. The van der Waals surface area contributed by atoms with Gasteiger partial charge in [0.05, 0.1) is 29.1 Å². The maximum absolute atomic E-state index is 12.3. The van der Waals surface area contributed by atoms with Gasteiger partial charge in [-0.1, -0.05) is 41.9 Å². The highest BCUT2D eigenvalue weighted by molar-refractivity contribution is 6.33. The van der Waals surface area contributed by atoms with Crippen molar-refractivity contribution in [2.75, 3.05) is 38.0 Å². The van der Waals surface area contributed by atoms with E-state index < -0.39 is 0 Å². The Morgan fingerprint density at radius 3 is 2.41 bits per heavy atom. The number of nitrogens with zero attached hydrogens (tertiary/aromatic N) is 4.